The summed E-state index contributed by atoms with van der Waals surface area (Å²) in [5.74, 6) is 1.14. The fourth-order valence-corrected chi connectivity index (χ4v) is 3.00. The summed E-state index contributed by atoms with van der Waals surface area (Å²) in [7, 11) is 2.21. The maximum atomic E-state index is 4.78. The molecule has 0 bridgehead atoms. The number of pyridine rings is 1. The Balaban J connectivity index is 2.17. The predicted molar refractivity (Wildman–Crippen MR) is 89.9 cm³/mol. The van der Waals surface area contributed by atoms with E-state index in [1.807, 2.05) is 0 Å². The number of anilines is 1. The maximum absolute atomic E-state index is 4.78. The average Bonchev–Trinajstić information content (AvgIpc) is 2.56. The lowest BCUT2D eigenvalue weighted by Gasteiger charge is -2.29. The van der Waals surface area contributed by atoms with Crippen LogP contribution in [0.5, 0.6) is 0 Å². The van der Waals surface area contributed by atoms with Gasteiger partial charge in [-0.2, -0.15) is 0 Å². The van der Waals surface area contributed by atoms with Crippen molar-refractivity contribution < 1.29 is 0 Å². The molecule has 0 radical (unpaired) electrons. The van der Waals surface area contributed by atoms with E-state index in [-0.39, 0.29) is 0 Å². The molecule has 1 unspecified atom stereocenters. The lowest BCUT2D eigenvalue weighted by atomic mass is 10.2. The van der Waals surface area contributed by atoms with Gasteiger partial charge in [-0.1, -0.05) is 13.8 Å². The van der Waals surface area contributed by atoms with E-state index in [0.717, 1.165) is 31.1 Å². The van der Waals surface area contributed by atoms with Crippen molar-refractivity contribution in [3.63, 3.8) is 0 Å². The summed E-state index contributed by atoms with van der Waals surface area (Å²) in [5, 5.41) is 3.50. The Morgan fingerprint density at radius 3 is 2.81 bits per heavy atom. The van der Waals surface area contributed by atoms with E-state index in [4.69, 9.17) is 4.98 Å². The first-order valence-electron chi connectivity index (χ1n) is 8.12. The van der Waals surface area contributed by atoms with E-state index >= 15 is 0 Å². The molecule has 1 aliphatic heterocycles. The second-order valence-electron chi connectivity index (χ2n) is 6.67. The van der Waals surface area contributed by atoms with Crippen molar-refractivity contribution in [2.75, 3.05) is 31.6 Å². The van der Waals surface area contributed by atoms with Gasteiger partial charge in [-0.15, -0.1) is 0 Å². The molecule has 4 nitrogen and oxygen atoms in total. The van der Waals surface area contributed by atoms with Gasteiger partial charge in [-0.05, 0) is 51.6 Å². The SMILES string of the molecule is Cc1cc(CNC(C)C)cc(N2CCCN(C)CC2C)n1. The minimum atomic E-state index is 0.507. The molecule has 1 atom stereocenters. The maximum Gasteiger partial charge on any atom is 0.129 e. The number of aromatic nitrogens is 1. The number of likely N-dealkylation sites (N-methyl/N-ethyl adjacent to an activating group) is 1. The Morgan fingerprint density at radius 1 is 1.33 bits per heavy atom. The second-order valence-corrected chi connectivity index (χ2v) is 6.67. The minimum Gasteiger partial charge on any atom is -0.353 e. The van der Waals surface area contributed by atoms with Crippen LogP contribution in [0.1, 0.15) is 38.4 Å². The van der Waals surface area contributed by atoms with E-state index in [9.17, 15) is 0 Å². The lowest BCUT2D eigenvalue weighted by Crippen LogP contribution is -2.38. The third kappa shape index (κ3) is 4.68. The summed E-state index contributed by atoms with van der Waals surface area (Å²) >= 11 is 0. The highest BCUT2D eigenvalue weighted by molar-refractivity contribution is 5.44. The summed E-state index contributed by atoms with van der Waals surface area (Å²) < 4.78 is 0. The van der Waals surface area contributed by atoms with Gasteiger partial charge in [0.1, 0.15) is 5.82 Å². The molecule has 0 aromatic carbocycles. The number of hydrogen-bond acceptors (Lipinski definition) is 4. The molecule has 4 heteroatoms. The molecule has 1 saturated heterocycles. The molecule has 2 rings (SSSR count). The molecule has 1 aromatic rings. The number of nitrogens with one attached hydrogen (secondary N) is 1. The third-order valence-electron chi connectivity index (χ3n) is 4.06. The first-order chi connectivity index (χ1) is 9.95. The van der Waals surface area contributed by atoms with Crippen molar-refractivity contribution >= 4 is 5.82 Å². The van der Waals surface area contributed by atoms with Crippen LogP contribution in [-0.4, -0.2) is 48.6 Å². The Morgan fingerprint density at radius 2 is 2.10 bits per heavy atom. The number of rotatable bonds is 4. The zero-order valence-corrected chi connectivity index (χ0v) is 14.2. The Kier molecular flexibility index (Phi) is 5.59. The number of nitrogens with zero attached hydrogens (tertiary/aromatic N) is 3. The van der Waals surface area contributed by atoms with E-state index < -0.39 is 0 Å². The van der Waals surface area contributed by atoms with Gasteiger partial charge in [-0.3, -0.25) is 0 Å². The summed E-state index contributed by atoms with van der Waals surface area (Å²) in [4.78, 5) is 9.67. The standard InChI is InChI=1S/C17H30N4/c1-13(2)18-11-16-9-14(3)19-17(10-16)21-8-6-7-20(5)12-15(21)4/h9-10,13,15,18H,6-8,11-12H2,1-5H3. The van der Waals surface area contributed by atoms with Crippen molar-refractivity contribution in [2.45, 2.75) is 52.7 Å². The van der Waals surface area contributed by atoms with Crippen molar-refractivity contribution in [3.05, 3.63) is 23.4 Å². The molecular formula is C17H30N4. The van der Waals surface area contributed by atoms with Crippen LogP contribution < -0.4 is 10.2 Å². The molecule has 0 amide bonds. The normalized spacial score (nSPS) is 20.9. The predicted octanol–water partition coefficient (Wildman–Crippen LogP) is 2.42. The van der Waals surface area contributed by atoms with Crippen molar-refractivity contribution in [2.24, 2.45) is 0 Å². The molecule has 118 valence electrons. The van der Waals surface area contributed by atoms with Gasteiger partial charge in [0, 0.05) is 37.4 Å². The van der Waals surface area contributed by atoms with Gasteiger partial charge in [0.25, 0.3) is 0 Å². The van der Waals surface area contributed by atoms with Crippen molar-refractivity contribution in [3.8, 4) is 0 Å². The largest absolute Gasteiger partial charge is 0.353 e. The zero-order chi connectivity index (χ0) is 15.4. The summed E-state index contributed by atoms with van der Waals surface area (Å²) in [6.45, 7) is 13.1. The lowest BCUT2D eigenvalue weighted by molar-refractivity contribution is 0.337. The topological polar surface area (TPSA) is 31.4 Å². The molecule has 1 N–H and O–H groups in total. The molecule has 1 fully saturated rings. The van der Waals surface area contributed by atoms with Crippen LogP contribution in [0.15, 0.2) is 12.1 Å². The molecule has 2 heterocycles. The van der Waals surface area contributed by atoms with E-state index in [2.05, 4.69) is 62.0 Å². The second kappa shape index (κ2) is 7.23. The Bertz CT molecular complexity index is 458. The highest BCUT2D eigenvalue weighted by Gasteiger charge is 2.21. The van der Waals surface area contributed by atoms with Gasteiger partial charge >= 0.3 is 0 Å². The average molecular weight is 290 g/mol. The monoisotopic (exact) mass is 290 g/mol. The van der Waals surface area contributed by atoms with Crippen LogP contribution in [0.2, 0.25) is 0 Å². The summed E-state index contributed by atoms with van der Waals surface area (Å²) in [5.41, 5.74) is 2.44. The van der Waals surface area contributed by atoms with Crippen LogP contribution in [-0.2, 0) is 6.54 Å². The minimum absolute atomic E-state index is 0.507. The summed E-state index contributed by atoms with van der Waals surface area (Å²) in [6, 6.07) is 5.46. The molecule has 1 aromatic heterocycles. The molecule has 0 aliphatic carbocycles. The fraction of sp³-hybridized carbons (Fsp3) is 0.706. The van der Waals surface area contributed by atoms with Crippen molar-refractivity contribution in [1.29, 1.82) is 0 Å². The highest BCUT2D eigenvalue weighted by Crippen LogP contribution is 2.20. The molecule has 1 aliphatic rings. The van der Waals surface area contributed by atoms with Crippen LogP contribution in [0.25, 0.3) is 0 Å². The Labute approximate surface area is 129 Å². The van der Waals surface area contributed by atoms with Crippen LogP contribution in [0.4, 0.5) is 5.82 Å². The number of hydrogen-bond donors (Lipinski definition) is 1. The third-order valence-corrected chi connectivity index (χ3v) is 4.06. The smallest absolute Gasteiger partial charge is 0.129 e. The first-order valence-corrected chi connectivity index (χ1v) is 8.12. The summed E-state index contributed by atoms with van der Waals surface area (Å²) in [6.07, 6.45) is 1.20. The van der Waals surface area contributed by atoms with Gasteiger partial charge in [-0.25, -0.2) is 4.98 Å². The quantitative estimate of drug-likeness (QED) is 0.923. The molecule has 0 spiro atoms. The molecule has 21 heavy (non-hydrogen) atoms. The zero-order valence-electron chi connectivity index (χ0n) is 14.2. The van der Waals surface area contributed by atoms with Gasteiger partial charge in [0.2, 0.25) is 0 Å². The van der Waals surface area contributed by atoms with Gasteiger partial charge < -0.3 is 15.1 Å². The Hall–Kier alpha value is -1.13. The van der Waals surface area contributed by atoms with E-state index in [0.29, 0.717) is 12.1 Å². The fourth-order valence-electron chi connectivity index (χ4n) is 3.00. The van der Waals surface area contributed by atoms with Crippen LogP contribution >= 0.6 is 0 Å². The van der Waals surface area contributed by atoms with Gasteiger partial charge in [0.15, 0.2) is 0 Å². The van der Waals surface area contributed by atoms with Crippen LogP contribution in [0.3, 0.4) is 0 Å². The van der Waals surface area contributed by atoms with Crippen LogP contribution in [0, 0.1) is 6.92 Å². The highest BCUT2D eigenvalue weighted by atomic mass is 15.3. The first kappa shape index (κ1) is 16.2. The molecular weight excluding hydrogens is 260 g/mol. The van der Waals surface area contributed by atoms with E-state index in [1.165, 1.54) is 18.5 Å². The van der Waals surface area contributed by atoms with E-state index in [1.54, 1.807) is 0 Å². The molecule has 0 saturated carbocycles. The van der Waals surface area contributed by atoms with Gasteiger partial charge in [0.05, 0.1) is 0 Å². The van der Waals surface area contributed by atoms with Crippen molar-refractivity contribution in [1.82, 2.24) is 15.2 Å². The number of aryl methyl sites for hydroxylation is 1.